The Morgan fingerprint density at radius 1 is 1.07 bits per heavy atom. The Bertz CT molecular complexity index is 988. The number of benzene rings is 2. The second kappa shape index (κ2) is 8.68. The highest BCUT2D eigenvalue weighted by Gasteiger charge is 2.15. The molecule has 1 aromatic heterocycles. The lowest BCUT2D eigenvalue weighted by Gasteiger charge is -2.15. The second-order valence-electron chi connectivity index (χ2n) is 6.81. The van der Waals surface area contributed by atoms with E-state index in [-0.39, 0.29) is 11.7 Å². The van der Waals surface area contributed by atoms with Gasteiger partial charge in [0, 0.05) is 24.8 Å². The third kappa shape index (κ3) is 4.87. The predicted octanol–water partition coefficient (Wildman–Crippen LogP) is 3.94. The third-order valence-corrected chi connectivity index (χ3v) is 4.67. The van der Waals surface area contributed by atoms with E-state index < -0.39 is 0 Å². The number of nitrogens with one attached hydrogen (secondary N) is 1. The van der Waals surface area contributed by atoms with Crippen LogP contribution in [0.1, 0.15) is 28.9 Å². The van der Waals surface area contributed by atoms with E-state index in [2.05, 4.69) is 20.2 Å². The van der Waals surface area contributed by atoms with Crippen molar-refractivity contribution in [1.29, 1.82) is 0 Å². The Hall–Kier alpha value is -3.48. The molecule has 0 saturated carbocycles. The summed E-state index contributed by atoms with van der Waals surface area (Å²) in [5, 5.41) is 2.88. The van der Waals surface area contributed by atoms with Crippen molar-refractivity contribution in [2.45, 2.75) is 19.4 Å². The first-order chi connectivity index (χ1) is 14.2. The lowest BCUT2D eigenvalue weighted by atomic mass is 10.2. The number of hydrogen-bond donors (Lipinski definition) is 1. The van der Waals surface area contributed by atoms with Crippen molar-refractivity contribution in [3.05, 3.63) is 77.9 Å². The fourth-order valence-corrected chi connectivity index (χ4v) is 3.16. The predicted molar refractivity (Wildman–Crippen MR) is 108 cm³/mol. The Morgan fingerprint density at radius 3 is 2.66 bits per heavy atom. The molecule has 0 radical (unpaired) electrons. The zero-order chi connectivity index (χ0) is 20.1. The Morgan fingerprint density at radius 2 is 1.86 bits per heavy atom. The van der Waals surface area contributed by atoms with Crippen LogP contribution in [0.25, 0.3) is 0 Å². The zero-order valence-corrected chi connectivity index (χ0v) is 15.8. The molecule has 0 spiro atoms. The van der Waals surface area contributed by atoms with Gasteiger partial charge in [-0.15, -0.1) is 0 Å². The van der Waals surface area contributed by atoms with Gasteiger partial charge in [0.15, 0.2) is 0 Å². The number of ether oxygens (including phenoxy) is 1. The van der Waals surface area contributed by atoms with Crippen LogP contribution in [-0.2, 0) is 6.54 Å². The van der Waals surface area contributed by atoms with E-state index in [0.29, 0.717) is 29.6 Å². The van der Waals surface area contributed by atoms with Crippen molar-refractivity contribution in [2.24, 2.45) is 0 Å². The number of aromatic nitrogens is 2. The summed E-state index contributed by atoms with van der Waals surface area (Å²) in [6.07, 6.45) is 4.03. The van der Waals surface area contributed by atoms with Gasteiger partial charge < -0.3 is 15.0 Å². The SMILES string of the molecule is O=C(NCc1ccnc(N2CCCC2)n1)c1cccc(Oc2ccc(F)cc2)c1. The molecule has 2 aromatic carbocycles. The second-order valence-corrected chi connectivity index (χ2v) is 6.81. The number of carbonyl (C=O) groups is 1. The van der Waals surface area contributed by atoms with Gasteiger partial charge in [0.25, 0.3) is 5.91 Å². The number of amides is 1. The van der Waals surface area contributed by atoms with Gasteiger partial charge in [-0.05, 0) is 61.4 Å². The molecule has 1 aliphatic heterocycles. The first-order valence-electron chi connectivity index (χ1n) is 9.56. The van der Waals surface area contributed by atoms with Crippen molar-refractivity contribution < 1.29 is 13.9 Å². The molecule has 29 heavy (non-hydrogen) atoms. The van der Waals surface area contributed by atoms with Gasteiger partial charge in [-0.3, -0.25) is 4.79 Å². The Balaban J connectivity index is 1.38. The fraction of sp³-hybridized carbons (Fsp3) is 0.227. The van der Waals surface area contributed by atoms with Crippen LogP contribution in [0, 0.1) is 5.82 Å². The molecule has 0 bridgehead atoms. The summed E-state index contributed by atoms with van der Waals surface area (Å²) in [7, 11) is 0. The van der Waals surface area contributed by atoms with Crippen LogP contribution in [0.2, 0.25) is 0 Å². The molecule has 4 rings (SSSR count). The number of anilines is 1. The van der Waals surface area contributed by atoms with Gasteiger partial charge in [0.05, 0.1) is 12.2 Å². The molecule has 148 valence electrons. The molecule has 0 atom stereocenters. The number of carbonyl (C=O) groups excluding carboxylic acids is 1. The van der Waals surface area contributed by atoms with Gasteiger partial charge in [0.1, 0.15) is 17.3 Å². The summed E-state index contributed by atoms with van der Waals surface area (Å²) < 4.78 is 18.7. The van der Waals surface area contributed by atoms with Crippen LogP contribution >= 0.6 is 0 Å². The molecule has 6 nitrogen and oxygen atoms in total. The van der Waals surface area contributed by atoms with E-state index >= 15 is 0 Å². The number of halogens is 1. The summed E-state index contributed by atoms with van der Waals surface area (Å²) >= 11 is 0. The highest BCUT2D eigenvalue weighted by molar-refractivity contribution is 5.94. The number of nitrogens with zero attached hydrogens (tertiary/aromatic N) is 3. The molecule has 3 aromatic rings. The van der Waals surface area contributed by atoms with Crippen molar-refractivity contribution in [3.8, 4) is 11.5 Å². The van der Waals surface area contributed by atoms with E-state index in [1.54, 1.807) is 36.5 Å². The minimum atomic E-state index is -0.330. The molecule has 1 fully saturated rings. The lowest BCUT2D eigenvalue weighted by Crippen LogP contribution is -2.25. The largest absolute Gasteiger partial charge is 0.457 e. The smallest absolute Gasteiger partial charge is 0.251 e. The van der Waals surface area contributed by atoms with Gasteiger partial charge >= 0.3 is 0 Å². The molecule has 1 aliphatic rings. The summed E-state index contributed by atoms with van der Waals surface area (Å²) in [6.45, 7) is 2.25. The Labute approximate surface area is 168 Å². The molecular formula is C22H21FN4O2. The minimum Gasteiger partial charge on any atom is -0.457 e. The van der Waals surface area contributed by atoms with Crippen LogP contribution < -0.4 is 15.0 Å². The van der Waals surface area contributed by atoms with Crippen molar-refractivity contribution in [1.82, 2.24) is 15.3 Å². The van der Waals surface area contributed by atoms with Crippen LogP contribution in [0.4, 0.5) is 10.3 Å². The van der Waals surface area contributed by atoms with Crippen molar-refractivity contribution >= 4 is 11.9 Å². The van der Waals surface area contributed by atoms with E-state index in [0.717, 1.165) is 31.6 Å². The molecule has 1 N–H and O–H groups in total. The van der Waals surface area contributed by atoms with Gasteiger partial charge in [-0.2, -0.15) is 0 Å². The standard InChI is InChI=1S/C22H21FN4O2/c23-17-6-8-19(9-7-17)29-20-5-3-4-16(14-20)21(28)25-15-18-10-11-24-22(26-18)27-12-1-2-13-27/h3-11,14H,1-2,12-13,15H2,(H,25,28). The maximum atomic E-state index is 13.0. The number of rotatable bonds is 6. The van der Waals surface area contributed by atoms with E-state index in [4.69, 9.17) is 4.74 Å². The monoisotopic (exact) mass is 392 g/mol. The van der Waals surface area contributed by atoms with Crippen molar-refractivity contribution in [3.63, 3.8) is 0 Å². The first-order valence-corrected chi connectivity index (χ1v) is 9.56. The molecular weight excluding hydrogens is 371 g/mol. The van der Waals surface area contributed by atoms with Crippen LogP contribution in [0.15, 0.2) is 60.8 Å². The van der Waals surface area contributed by atoms with Gasteiger partial charge in [-0.25, -0.2) is 14.4 Å². The summed E-state index contributed by atoms with van der Waals surface area (Å²) in [4.78, 5) is 23.6. The quantitative estimate of drug-likeness (QED) is 0.688. The van der Waals surface area contributed by atoms with Crippen LogP contribution in [0.5, 0.6) is 11.5 Å². The highest BCUT2D eigenvalue weighted by Crippen LogP contribution is 2.22. The van der Waals surface area contributed by atoms with Crippen LogP contribution in [-0.4, -0.2) is 29.0 Å². The molecule has 0 aliphatic carbocycles. The van der Waals surface area contributed by atoms with E-state index in [9.17, 15) is 9.18 Å². The molecule has 1 saturated heterocycles. The minimum absolute atomic E-state index is 0.226. The maximum Gasteiger partial charge on any atom is 0.251 e. The topological polar surface area (TPSA) is 67.4 Å². The van der Waals surface area contributed by atoms with E-state index in [1.807, 2.05) is 0 Å². The lowest BCUT2D eigenvalue weighted by molar-refractivity contribution is 0.0950. The van der Waals surface area contributed by atoms with Crippen molar-refractivity contribution in [2.75, 3.05) is 18.0 Å². The average molecular weight is 392 g/mol. The summed E-state index contributed by atoms with van der Waals surface area (Å²) in [5.41, 5.74) is 1.23. The Kier molecular flexibility index (Phi) is 5.65. The normalized spacial score (nSPS) is 13.3. The van der Waals surface area contributed by atoms with Crippen LogP contribution in [0.3, 0.4) is 0 Å². The molecule has 7 heteroatoms. The summed E-state index contributed by atoms with van der Waals surface area (Å²) in [5.74, 6) is 1.16. The third-order valence-electron chi connectivity index (χ3n) is 4.67. The summed E-state index contributed by atoms with van der Waals surface area (Å²) in [6, 6.07) is 14.4. The van der Waals surface area contributed by atoms with E-state index in [1.165, 1.54) is 24.3 Å². The fourth-order valence-electron chi connectivity index (χ4n) is 3.16. The first kappa shape index (κ1) is 18.9. The highest BCUT2D eigenvalue weighted by atomic mass is 19.1. The zero-order valence-electron chi connectivity index (χ0n) is 15.8. The van der Waals surface area contributed by atoms with Gasteiger partial charge in [-0.1, -0.05) is 6.07 Å². The molecule has 0 unspecified atom stereocenters. The van der Waals surface area contributed by atoms with Gasteiger partial charge in [0.2, 0.25) is 5.95 Å². The molecule has 2 heterocycles. The average Bonchev–Trinajstić information content (AvgIpc) is 3.29. The molecule has 1 amide bonds. The number of hydrogen-bond acceptors (Lipinski definition) is 5. The maximum absolute atomic E-state index is 13.0.